The Morgan fingerprint density at radius 2 is 2.00 bits per heavy atom. The van der Waals surface area contributed by atoms with Crippen molar-refractivity contribution in [3.8, 4) is 5.75 Å². The Labute approximate surface area is 168 Å². The first-order valence-electron chi connectivity index (χ1n) is 9.49. The number of hydrogen-bond acceptors (Lipinski definition) is 4. The van der Waals surface area contributed by atoms with Crippen molar-refractivity contribution >= 4 is 33.1 Å². The number of carbonyl (C=O) groups is 1. The van der Waals surface area contributed by atoms with Crippen molar-refractivity contribution in [2.75, 3.05) is 7.11 Å². The molecule has 148 valence electrons. The summed E-state index contributed by atoms with van der Waals surface area (Å²) in [6, 6.07) is 3.65. The van der Waals surface area contributed by atoms with Crippen LogP contribution in [0.4, 0.5) is 4.79 Å². The number of carbonyl (C=O) groups excluding carboxylic acids is 1. The highest BCUT2D eigenvalue weighted by atomic mass is 79.9. The third-order valence-corrected chi connectivity index (χ3v) is 5.48. The highest BCUT2D eigenvalue weighted by molar-refractivity contribution is 9.10. The molecule has 3 rings (SSSR count). The molecule has 1 amide bonds. The van der Waals surface area contributed by atoms with Crippen molar-refractivity contribution in [1.29, 1.82) is 0 Å². The van der Waals surface area contributed by atoms with Gasteiger partial charge in [-0.05, 0) is 61.5 Å². The summed E-state index contributed by atoms with van der Waals surface area (Å²) in [5.74, 6) is 1.84. The van der Waals surface area contributed by atoms with E-state index in [1.165, 1.54) is 19.3 Å². The number of halogens is 1. The topological polar surface area (TPSA) is 76.2 Å². The molecule has 27 heavy (non-hydrogen) atoms. The quantitative estimate of drug-likeness (QED) is 0.663. The lowest BCUT2D eigenvalue weighted by atomic mass is 9.83. The molecule has 1 aromatic heterocycles. The van der Waals surface area contributed by atoms with Crippen molar-refractivity contribution in [1.82, 2.24) is 15.3 Å². The van der Waals surface area contributed by atoms with Crippen LogP contribution < -0.4 is 10.1 Å². The molecule has 0 bridgehead atoms. The summed E-state index contributed by atoms with van der Waals surface area (Å²) >= 11 is 3.51. The Balaban J connectivity index is 1.91. The van der Waals surface area contributed by atoms with Gasteiger partial charge in [0.15, 0.2) is 0 Å². The summed E-state index contributed by atoms with van der Waals surface area (Å²) in [5.41, 5.74) is 1.19. The molecular formula is C20H28BrN3O3. The minimum atomic E-state index is -0.534. The monoisotopic (exact) mass is 437 g/mol. The molecule has 7 heteroatoms. The van der Waals surface area contributed by atoms with E-state index < -0.39 is 11.7 Å². The van der Waals surface area contributed by atoms with E-state index in [2.05, 4.69) is 26.2 Å². The number of H-pyrrole nitrogens is 1. The lowest BCUT2D eigenvalue weighted by Gasteiger charge is -2.30. The summed E-state index contributed by atoms with van der Waals surface area (Å²) in [6.45, 7) is 5.60. The second-order valence-electron chi connectivity index (χ2n) is 8.15. The number of aromatic nitrogens is 2. The highest BCUT2D eigenvalue weighted by Gasteiger charge is 2.30. The van der Waals surface area contributed by atoms with Crippen LogP contribution in [0.2, 0.25) is 0 Å². The number of amides is 1. The van der Waals surface area contributed by atoms with Gasteiger partial charge < -0.3 is 19.8 Å². The van der Waals surface area contributed by atoms with Crippen molar-refractivity contribution in [2.24, 2.45) is 5.92 Å². The fourth-order valence-corrected chi connectivity index (χ4v) is 4.15. The molecule has 0 radical (unpaired) electrons. The van der Waals surface area contributed by atoms with Crippen molar-refractivity contribution in [3.05, 3.63) is 22.4 Å². The average Bonchev–Trinajstić information content (AvgIpc) is 3.00. The molecule has 2 aromatic rings. The van der Waals surface area contributed by atoms with Crippen molar-refractivity contribution in [3.63, 3.8) is 0 Å². The summed E-state index contributed by atoms with van der Waals surface area (Å²) in [4.78, 5) is 20.6. The maximum Gasteiger partial charge on any atom is 0.408 e. The number of nitrogens with zero attached hydrogens (tertiary/aromatic N) is 1. The average molecular weight is 438 g/mol. The standard InChI is InChI=1S/C20H28BrN3O3/c1-20(2,3)27-19(25)24-17(12-8-6-5-7-9-12)18-22-14-10-13(21)16(26-4)11-15(14)23-18/h10-12,17H,5-9H2,1-4H3,(H,22,23)(H,24,25)/t17-/m1/s1. The van der Waals surface area contributed by atoms with Crippen LogP contribution in [0, 0.1) is 5.92 Å². The molecule has 2 N–H and O–H groups in total. The van der Waals surface area contributed by atoms with Gasteiger partial charge in [0.1, 0.15) is 17.2 Å². The molecule has 0 spiro atoms. The van der Waals surface area contributed by atoms with Crippen LogP contribution in [0.15, 0.2) is 16.6 Å². The van der Waals surface area contributed by atoms with Crippen LogP contribution in [0.25, 0.3) is 11.0 Å². The zero-order valence-corrected chi connectivity index (χ0v) is 18.0. The van der Waals surface area contributed by atoms with Gasteiger partial charge in [0.05, 0.1) is 28.7 Å². The van der Waals surface area contributed by atoms with Crippen LogP contribution in [0.1, 0.15) is 64.7 Å². The van der Waals surface area contributed by atoms with Crippen LogP contribution in [0.3, 0.4) is 0 Å². The van der Waals surface area contributed by atoms with Gasteiger partial charge in [0.25, 0.3) is 0 Å². The molecular weight excluding hydrogens is 410 g/mol. The molecule has 0 saturated heterocycles. The number of benzene rings is 1. The SMILES string of the molecule is COc1cc2nc([C@H](NC(=O)OC(C)(C)C)C3CCCCC3)[nH]c2cc1Br. The summed E-state index contributed by atoms with van der Waals surface area (Å²) < 4.78 is 11.7. The van der Waals surface area contributed by atoms with E-state index in [1.54, 1.807) is 7.11 Å². The lowest BCUT2D eigenvalue weighted by molar-refractivity contribution is 0.0472. The van der Waals surface area contributed by atoms with Gasteiger partial charge in [-0.15, -0.1) is 0 Å². The first-order valence-corrected chi connectivity index (χ1v) is 10.3. The fraction of sp³-hybridized carbons (Fsp3) is 0.600. The fourth-order valence-electron chi connectivity index (χ4n) is 3.65. The zero-order valence-electron chi connectivity index (χ0n) is 16.4. The number of alkyl carbamates (subject to hydrolysis) is 1. The summed E-state index contributed by atoms with van der Waals surface area (Å²) in [6.07, 6.45) is 5.35. The third-order valence-electron chi connectivity index (χ3n) is 4.86. The Morgan fingerprint density at radius 1 is 1.30 bits per heavy atom. The first-order chi connectivity index (χ1) is 12.8. The Hall–Kier alpha value is -1.76. The van der Waals surface area contributed by atoms with E-state index in [-0.39, 0.29) is 6.04 Å². The van der Waals surface area contributed by atoms with Gasteiger partial charge in [-0.1, -0.05) is 19.3 Å². The Bertz CT molecular complexity index is 807. The molecule has 1 atom stereocenters. The van der Waals surface area contributed by atoms with Crippen LogP contribution in [-0.2, 0) is 4.74 Å². The lowest BCUT2D eigenvalue weighted by Crippen LogP contribution is -2.38. The Kier molecular flexibility index (Phi) is 5.99. The largest absolute Gasteiger partial charge is 0.495 e. The molecule has 6 nitrogen and oxygen atoms in total. The van der Waals surface area contributed by atoms with E-state index in [1.807, 2.05) is 32.9 Å². The molecule has 1 aromatic carbocycles. The third kappa shape index (κ3) is 4.94. The van der Waals surface area contributed by atoms with Gasteiger partial charge in [-0.25, -0.2) is 9.78 Å². The van der Waals surface area contributed by atoms with E-state index in [9.17, 15) is 4.79 Å². The normalized spacial score (nSPS) is 16.9. The second-order valence-corrected chi connectivity index (χ2v) is 9.00. The van der Waals surface area contributed by atoms with Crippen LogP contribution >= 0.6 is 15.9 Å². The maximum atomic E-state index is 12.5. The van der Waals surface area contributed by atoms with Gasteiger partial charge in [0.2, 0.25) is 0 Å². The minimum absolute atomic E-state index is 0.197. The molecule has 1 aliphatic carbocycles. The van der Waals surface area contributed by atoms with E-state index in [0.29, 0.717) is 5.92 Å². The number of hydrogen-bond donors (Lipinski definition) is 2. The predicted molar refractivity (Wildman–Crippen MR) is 109 cm³/mol. The van der Waals surface area contributed by atoms with Crippen LogP contribution in [-0.4, -0.2) is 28.8 Å². The number of fused-ring (bicyclic) bond motifs is 1. The summed E-state index contributed by atoms with van der Waals surface area (Å²) in [7, 11) is 1.63. The smallest absolute Gasteiger partial charge is 0.408 e. The predicted octanol–water partition coefficient (Wildman–Crippen LogP) is 5.48. The maximum absolute atomic E-state index is 12.5. The van der Waals surface area contributed by atoms with Gasteiger partial charge >= 0.3 is 6.09 Å². The number of nitrogens with one attached hydrogen (secondary N) is 2. The van der Waals surface area contributed by atoms with Gasteiger partial charge in [-0.2, -0.15) is 0 Å². The van der Waals surface area contributed by atoms with Gasteiger partial charge in [0, 0.05) is 6.07 Å². The number of ether oxygens (including phenoxy) is 2. The molecule has 0 unspecified atom stereocenters. The summed E-state index contributed by atoms with van der Waals surface area (Å²) in [5, 5.41) is 3.07. The number of rotatable bonds is 4. The molecule has 1 saturated carbocycles. The number of aromatic amines is 1. The molecule has 1 fully saturated rings. The van der Waals surface area contributed by atoms with Crippen molar-refractivity contribution in [2.45, 2.75) is 64.5 Å². The van der Waals surface area contributed by atoms with Gasteiger partial charge in [-0.3, -0.25) is 0 Å². The first kappa shape index (κ1) is 20.0. The molecule has 1 aliphatic rings. The van der Waals surface area contributed by atoms with Crippen molar-refractivity contribution < 1.29 is 14.3 Å². The Morgan fingerprint density at radius 3 is 2.63 bits per heavy atom. The number of imidazole rings is 1. The van der Waals surface area contributed by atoms with E-state index >= 15 is 0 Å². The zero-order chi connectivity index (χ0) is 19.6. The molecule has 1 heterocycles. The molecule has 0 aliphatic heterocycles. The van der Waals surface area contributed by atoms with E-state index in [4.69, 9.17) is 14.5 Å². The second kappa shape index (κ2) is 8.09. The minimum Gasteiger partial charge on any atom is -0.495 e. The highest BCUT2D eigenvalue weighted by Crippen LogP contribution is 2.36. The van der Waals surface area contributed by atoms with E-state index in [0.717, 1.165) is 39.9 Å². The van der Waals surface area contributed by atoms with Crippen LogP contribution in [0.5, 0.6) is 5.75 Å². The number of methoxy groups -OCH3 is 1.